The molecule has 5 N–H and O–H groups in total. The van der Waals surface area contributed by atoms with Gasteiger partial charge in [-0.15, -0.1) is 0 Å². The average Bonchev–Trinajstić information content (AvgIpc) is 0.800. The molecule has 11 rings (SSSR count). The molecule has 0 amide bonds. The van der Waals surface area contributed by atoms with Crippen molar-refractivity contribution in [1.82, 2.24) is 40.1 Å². The van der Waals surface area contributed by atoms with Crippen LogP contribution in [-0.2, 0) is 61.3 Å². The third-order valence-corrected chi connectivity index (χ3v) is 30.4. The second-order valence-corrected chi connectivity index (χ2v) is 39.9. The first-order valence-electron chi connectivity index (χ1n) is 35.7. The summed E-state index contributed by atoms with van der Waals surface area (Å²) in [6, 6.07) is 23.1. The predicted octanol–water partition coefficient (Wildman–Crippen LogP) is 16.8. The Morgan fingerprint density at radius 1 is 0.481 bits per heavy atom. The van der Waals surface area contributed by atoms with Crippen molar-refractivity contribution in [2.45, 2.75) is 141 Å². The predicted molar refractivity (Wildman–Crippen MR) is 440 cm³/mol. The number of hydrogen-bond donors (Lipinski definition) is 5. The monoisotopic (exact) mass is 1620 g/mol. The molecule has 32 heteroatoms. The van der Waals surface area contributed by atoms with Crippen molar-refractivity contribution < 1.29 is 74.8 Å². The Kier molecular flexibility index (Phi) is 42.9. The summed E-state index contributed by atoms with van der Waals surface area (Å²) in [4.78, 5) is 61.6. The number of aliphatic hydroxyl groups is 2. The molecular weight excluding hydrogens is 1500 g/mol. The number of aldehydes is 1. The molecule has 2 unspecified atom stereocenters. The van der Waals surface area contributed by atoms with Crippen LogP contribution in [0.1, 0.15) is 132 Å². The number of hydrogen-bond acceptors (Lipinski definition) is 24. The zero-order chi connectivity index (χ0) is 77.0. The molecule has 4 saturated heterocycles. The van der Waals surface area contributed by atoms with E-state index in [0.717, 1.165) is 174 Å². The Morgan fingerprint density at radius 3 is 1.21 bits per heavy atom. The zero-order valence-electron chi connectivity index (χ0n) is 63.2. The zero-order valence-corrected chi connectivity index (χ0v) is 68.4. The van der Waals surface area contributed by atoms with E-state index in [9.17, 15) is 32.7 Å². The molecule has 26 nitrogen and oxygen atoms in total. The standard InChI is InChI=1S/C19H28N3O3P.C17H24N3O3P.C13H17NO.C10H9ClN2.C9H20NO3P.C5H14O6P2.3CH4/c1-14-10-17-18(11-15(14)2)20-12-21-19(17)22-7-4-16(5-8-22)6-9-26(24,13-23)25-3;1-12-9-15-16(10-13(12)2)18-11-19-17(15)20-6-3-14(4-7-20)5-8-24(21,22)23;15-11-13-6-8-14(9-7-13)10-12-4-2-1-3-5-12;1-6-3-8-9(4-7(6)2)12-5-13-10(8)11;1-13-14(12,8-11)7-4-9-2-5-10-6-3-9;1-8-12(6,9-2)5-13(7,10-3)11-4;;;/h10-12,16,23H,4-9,13H2,1-3H3;9-11,14H,3-8H2,1-2H3,(H2,21,22,23);1-5,11,13H,6-10H2;3-5H,1-2H3;9-11H,2-8H2,1H3;5H2,1-4H3;3*1H4. The quantitative estimate of drug-likeness (QED) is 0.0213. The fraction of sp³-hybridized carbons (Fsp3) is 0.592. The summed E-state index contributed by atoms with van der Waals surface area (Å²) in [6.07, 6.45) is 16.8. The van der Waals surface area contributed by atoms with Gasteiger partial charge in [0.2, 0.25) is 14.7 Å². The maximum Gasteiger partial charge on any atom is 0.342 e. The van der Waals surface area contributed by atoms with Crippen LogP contribution in [-0.4, -0.2) is 193 Å². The number of rotatable bonds is 24. The van der Waals surface area contributed by atoms with E-state index in [1.807, 2.05) is 18.2 Å². The Hall–Kier alpha value is -4.87. The highest BCUT2D eigenvalue weighted by Crippen LogP contribution is 2.62. The van der Waals surface area contributed by atoms with Crippen molar-refractivity contribution >= 4 is 99.8 Å². The molecule has 606 valence electrons. The number of likely N-dealkylation sites (tertiary alicyclic amines) is 1. The first-order valence-corrected chi connectivity index (χ1v) is 45.3. The van der Waals surface area contributed by atoms with Gasteiger partial charge in [0.15, 0.2) is 5.90 Å². The summed E-state index contributed by atoms with van der Waals surface area (Å²) in [6.45, 7) is 21.4. The van der Waals surface area contributed by atoms with Gasteiger partial charge in [0.05, 0.1) is 22.7 Å². The molecule has 4 fully saturated rings. The molecule has 7 aromatic rings. The highest BCUT2D eigenvalue weighted by atomic mass is 35.5. The van der Waals surface area contributed by atoms with Gasteiger partial charge >= 0.3 is 22.8 Å². The summed E-state index contributed by atoms with van der Waals surface area (Å²) in [7, 11) is -8.47. The number of carbonyl (C=O) groups is 1. The van der Waals surface area contributed by atoms with E-state index in [0.29, 0.717) is 47.6 Å². The molecular formula is C76H124ClN10O16P5. The number of nitrogens with zero attached hydrogens (tertiary/aromatic N) is 9. The van der Waals surface area contributed by atoms with E-state index in [4.69, 9.17) is 35.5 Å². The first kappa shape index (κ1) is 97.3. The minimum Gasteiger partial charge on any atom is -0.386 e. The Labute approximate surface area is 647 Å². The number of piperidine rings is 4. The molecule has 0 bridgehead atoms. The lowest BCUT2D eigenvalue weighted by atomic mass is 9.94. The fourth-order valence-electron chi connectivity index (χ4n) is 12.7. The van der Waals surface area contributed by atoms with Gasteiger partial charge in [-0.2, -0.15) is 0 Å². The average molecular weight is 1620 g/mol. The van der Waals surface area contributed by atoms with Crippen LogP contribution in [0.5, 0.6) is 0 Å². The summed E-state index contributed by atoms with van der Waals surface area (Å²) < 4.78 is 86.2. The number of benzene rings is 4. The van der Waals surface area contributed by atoms with Crippen molar-refractivity contribution in [2.24, 2.45) is 23.7 Å². The number of nitrogens with one attached hydrogen (secondary N) is 1. The first-order chi connectivity index (χ1) is 50.0. The van der Waals surface area contributed by atoms with Gasteiger partial charge in [0, 0.05) is 110 Å². The number of anilines is 2. The lowest BCUT2D eigenvalue weighted by molar-refractivity contribution is -0.112. The van der Waals surface area contributed by atoms with Crippen LogP contribution < -0.4 is 15.1 Å². The van der Waals surface area contributed by atoms with Crippen molar-refractivity contribution in [3.8, 4) is 0 Å². The molecule has 0 aliphatic carbocycles. The van der Waals surface area contributed by atoms with Crippen LogP contribution in [0, 0.1) is 65.2 Å². The minimum absolute atomic E-state index is 0. The molecule has 0 spiro atoms. The summed E-state index contributed by atoms with van der Waals surface area (Å²) in [5, 5.41) is 25.1. The van der Waals surface area contributed by atoms with Crippen LogP contribution in [0.25, 0.3) is 32.7 Å². The van der Waals surface area contributed by atoms with E-state index < -0.39 is 37.5 Å². The second-order valence-electron chi connectivity index (χ2n) is 27.3. The largest absolute Gasteiger partial charge is 0.386 e. The summed E-state index contributed by atoms with van der Waals surface area (Å²) in [5.41, 5.74) is 11.6. The van der Waals surface area contributed by atoms with E-state index in [2.05, 4.69) is 158 Å². The number of aliphatic hydroxyl groups excluding tert-OH is 2. The third kappa shape index (κ3) is 30.9. The Balaban J connectivity index is 0.000000343. The second kappa shape index (κ2) is 47.6. The normalized spacial score (nSPS) is 16.6. The topological polar surface area (TPSA) is 338 Å². The van der Waals surface area contributed by atoms with Gasteiger partial charge in [0.25, 0.3) is 0 Å². The van der Waals surface area contributed by atoms with Crippen molar-refractivity contribution in [3.63, 3.8) is 0 Å². The van der Waals surface area contributed by atoms with Crippen molar-refractivity contribution in [1.29, 1.82) is 0 Å². The molecule has 0 radical (unpaired) electrons. The Morgan fingerprint density at radius 2 is 0.843 bits per heavy atom. The van der Waals surface area contributed by atoms with Gasteiger partial charge in [-0.3, -0.25) is 27.7 Å². The van der Waals surface area contributed by atoms with E-state index in [1.165, 1.54) is 87.9 Å². The highest BCUT2D eigenvalue weighted by molar-refractivity contribution is 7.71. The van der Waals surface area contributed by atoms with Crippen LogP contribution in [0.2, 0.25) is 5.15 Å². The molecule has 4 aliphatic heterocycles. The maximum absolute atomic E-state index is 12.2. The summed E-state index contributed by atoms with van der Waals surface area (Å²) >= 11 is 5.93. The maximum atomic E-state index is 12.2. The van der Waals surface area contributed by atoms with Gasteiger partial charge in [-0.1, -0.05) is 64.2 Å². The molecule has 0 saturated carbocycles. The van der Waals surface area contributed by atoms with Crippen LogP contribution >= 0.6 is 49.1 Å². The minimum atomic E-state index is -3.88. The van der Waals surface area contributed by atoms with E-state index in [1.54, 1.807) is 12.7 Å². The molecule has 4 aromatic carbocycles. The van der Waals surface area contributed by atoms with Gasteiger partial charge in [0.1, 0.15) is 54.8 Å². The van der Waals surface area contributed by atoms with Gasteiger partial charge in [-0.05, 0) is 231 Å². The fourth-order valence-corrected chi connectivity index (χ4v) is 19.8. The van der Waals surface area contributed by atoms with E-state index in [-0.39, 0.29) is 47.0 Å². The highest BCUT2D eigenvalue weighted by Gasteiger charge is 2.36. The SMILES string of the molecule is C.C.C.COP(=O)(CO)CCC1CCN(c2ncnc3cc(C)c(C)cc23)CC1.COP(=O)(CO)CCC1CCNCC1.COP(=O)(CP(=O)(OC)OC)OC.Cc1cc2ncnc(Cl)c2cc1C.Cc1cc2ncnc(N3CCC(CCP(=O)(O)O)CC3)c2cc1C.O=CC1CCN(Cc2ccccc2)CC1. The van der Waals surface area contributed by atoms with Crippen molar-refractivity contribution in [3.05, 3.63) is 130 Å². The van der Waals surface area contributed by atoms with Crippen LogP contribution in [0.3, 0.4) is 0 Å². The third-order valence-electron chi connectivity index (χ3n) is 20.2. The number of aryl methyl sites for hydroxylation is 6. The van der Waals surface area contributed by atoms with Crippen molar-refractivity contribution in [2.75, 3.05) is 142 Å². The van der Waals surface area contributed by atoms with E-state index >= 15 is 0 Å². The van der Waals surface area contributed by atoms with Crippen LogP contribution in [0.4, 0.5) is 11.6 Å². The van der Waals surface area contributed by atoms with Crippen LogP contribution in [0.15, 0.2) is 85.7 Å². The molecule has 108 heavy (non-hydrogen) atoms. The number of aromatic nitrogens is 6. The molecule has 7 heterocycles. The van der Waals surface area contributed by atoms with Gasteiger partial charge in [-0.25, -0.2) is 29.9 Å². The molecule has 2 atom stereocenters. The molecule has 3 aromatic heterocycles. The lowest BCUT2D eigenvalue weighted by Gasteiger charge is -2.33. The smallest absolute Gasteiger partial charge is 0.342 e. The molecule has 4 aliphatic rings. The number of halogens is 1. The lowest BCUT2D eigenvalue weighted by Crippen LogP contribution is -2.34. The Bertz CT molecular complexity index is 4050. The number of carbonyl (C=O) groups excluding carboxylic acids is 1. The summed E-state index contributed by atoms with van der Waals surface area (Å²) in [5.74, 6) is 3.43. The number of fused-ring (bicyclic) bond motifs is 3. The van der Waals surface area contributed by atoms with Gasteiger partial charge < -0.3 is 67.1 Å².